The lowest BCUT2D eigenvalue weighted by Gasteiger charge is -2.40. The predicted molar refractivity (Wildman–Crippen MR) is 148 cm³/mol. The molecule has 0 aliphatic heterocycles. The van der Waals surface area contributed by atoms with E-state index >= 15 is 0 Å². The summed E-state index contributed by atoms with van der Waals surface area (Å²) in [7, 11) is 0. The van der Waals surface area contributed by atoms with Gasteiger partial charge in [-0.25, -0.2) is 0 Å². The van der Waals surface area contributed by atoms with Crippen LogP contribution in [-0.2, 0) is 11.8 Å². The van der Waals surface area contributed by atoms with Gasteiger partial charge in [-0.05, 0) is 90.6 Å². The van der Waals surface area contributed by atoms with Crippen molar-refractivity contribution in [2.75, 3.05) is 0 Å². The third kappa shape index (κ3) is 3.35. The summed E-state index contributed by atoms with van der Waals surface area (Å²) in [5.41, 5.74) is 16.3. The number of benzene rings is 4. The van der Waals surface area contributed by atoms with Crippen LogP contribution < -0.4 is 0 Å². The van der Waals surface area contributed by atoms with Gasteiger partial charge in [-0.15, -0.1) is 0 Å². The van der Waals surface area contributed by atoms with Crippen LogP contribution in [0, 0.1) is 27.7 Å². The van der Waals surface area contributed by atoms with E-state index in [0.29, 0.717) is 0 Å². The first-order valence-corrected chi connectivity index (χ1v) is 12.7. The Hall–Kier alpha value is -3.64. The normalized spacial score (nSPS) is 14.1. The number of fused-ring (bicyclic) bond motifs is 3. The van der Waals surface area contributed by atoms with Gasteiger partial charge >= 0.3 is 0 Å². The minimum atomic E-state index is -0.336. The monoisotopic (exact) mass is 452 g/mol. The van der Waals surface area contributed by atoms with Crippen molar-refractivity contribution in [3.05, 3.63) is 153 Å². The molecule has 0 aromatic heterocycles. The number of hydrogen-bond acceptors (Lipinski definition) is 0. The van der Waals surface area contributed by atoms with Gasteiger partial charge < -0.3 is 0 Å². The van der Waals surface area contributed by atoms with Crippen molar-refractivity contribution in [3.8, 4) is 11.1 Å². The molecule has 35 heavy (non-hydrogen) atoms. The average molecular weight is 453 g/mol. The second kappa shape index (κ2) is 8.24. The van der Waals surface area contributed by atoms with Crippen LogP contribution in [0.4, 0.5) is 0 Å². The lowest BCUT2D eigenvalue weighted by molar-refractivity contribution is 0.697. The van der Waals surface area contributed by atoms with Crippen LogP contribution in [0.15, 0.2) is 103 Å². The van der Waals surface area contributed by atoms with E-state index in [1.807, 2.05) is 0 Å². The fourth-order valence-electron chi connectivity index (χ4n) is 6.36. The van der Waals surface area contributed by atoms with Gasteiger partial charge in [0.1, 0.15) is 0 Å². The summed E-state index contributed by atoms with van der Waals surface area (Å²) in [4.78, 5) is 0. The number of hydrogen-bond donors (Lipinski definition) is 0. The van der Waals surface area contributed by atoms with E-state index in [2.05, 4.69) is 125 Å². The number of rotatable bonds is 4. The number of allylic oxidation sites excluding steroid dienone is 4. The second-order valence-electron chi connectivity index (χ2n) is 10.4. The van der Waals surface area contributed by atoms with E-state index in [1.165, 1.54) is 66.8 Å². The highest BCUT2D eigenvalue weighted by atomic mass is 14.5. The summed E-state index contributed by atoms with van der Waals surface area (Å²) in [6, 6.07) is 30.2. The van der Waals surface area contributed by atoms with E-state index in [4.69, 9.17) is 0 Å². The molecule has 0 fully saturated rings. The molecule has 0 heteroatoms. The molecule has 0 unspecified atom stereocenters. The fourth-order valence-corrected chi connectivity index (χ4v) is 6.36. The van der Waals surface area contributed by atoms with Crippen molar-refractivity contribution in [1.82, 2.24) is 0 Å². The minimum absolute atomic E-state index is 0.336. The van der Waals surface area contributed by atoms with E-state index in [1.54, 1.807) is 0 Å². The molecule has 172 valence electrons. The zero-order chi connectivity index (χ0) is 24.2. The van der Waals surface area contributed by atoms with Crippen LogP contribution in [0.3, 0.4) is 0 Å². The van der Waals surface area contributed by atoms with Gasteiger partial charge in [0.15, 0.2) is 0 Å². The first-order chi connectivity index (χ1) is 17.0. The number of aryl methyl sites for hydroxylation is 4. The molecule has 6 rings (SSSR count). The molecule has 0 radical (unpaired) electrons. The Bertz CT molecular complexity index is 1450. The Morgan fingerprint density at radius 1 is 0.629 bits per heavy atom. The lowest BCUT2D eigenvalue weighted by atomic mass is 9.61. The van der Waals surface area contributed by atoms with Gasteiger partial charge in [0.25, 0.3) is 0 Å². The molecule has 0 N–H and O–H groups in total. The van der Waals surface area contributed by atoms with Gasteiger partial charge in [-0.1, -0.05) is 114 Å². The Balaban J connectivity index is 1.73. The van der Waals surface area contributed by atoms with Crippen LogP contribution in [0.1, 0.15) is 56.5 Å². The molecule has 4 aromatic carbocycles. The molecule has 0 bridgehead atoms. The molecule has 0 spiro atoms. The van der Waals surface area contributed by atoms with E-state index in [9.17, 15) is 0 Å². The van der Waals surface area contributed by atoms with Gasteiger partial charge in [0, 0.05) is 0 Å². The Morgan fingerprint density at radius 2 is 1.23 bits per heavy atom. The molecule has 0 amide bonds. The van der Waals surface area contributed by atoms with Crippen molar-refractivity contribution in [1.29, 1.82) is 0 Å². The van der Waals surface area contributed by atoms with E-state index < -0.39 is 0 Å². The van der Waals surface area contributed by atoms with Crippen molar-refractivity contribution >= 4 is 0 Å². The summed E-state index contributed by atoms with van der Waals surface area (Å²) in [5, 5.41) is 0. The maximum atomic E-state index is 2.38. The summed E-state index contributed by atoms with van der Waals surface area (Å²) < 4.78 is 0. The van der Waals surface area contributed by atoms with Crippen molar-refractivity contribution in [3.63, 3.8) is 0 Å². The maximum absolute atomic E-state index is 2.38. The van der Waals surface area contributed by atoms with Crippen LogP contribution in [0.25, 0.3) is 11.1 Å². The summed E-state index contributed by atoms with van der Waals surface area (Å²) in [5.74, 6) is 0. The quantitative estimate of drug-likeness (QED) is 0.239. The molecular weight excluding hydrogens is 420 g/mol. The van der Waals surface area contributed by atoms with Crippen LogP contribution in [0.5, 0.6) is 0 Å². The van der Waals surface area contributed by atoms with Crippen molar-refractivity contribution in [2.24, 2.45) is 0 Å². The van der Waals surface area contributed by atoms with Gasteiger partial charge in [0.05, 0.1) is 5.41 Å². The Labute approximate surface area is 209 Å². The van der Waals surface area contributed by atoms with E-state index in [-0.39, 0.29) is 5.41 Å². The van der Waals surface area contributed by atoms with Crippen molar-refractivity contribution < 1.29 is 0 Å². The van der Waals surface area contributed by atoms with E-state index in [0.717, 1.165) is 12.8 Å². The maximum Gasteiger partial charge on any atom is 0.0673 e. The van der Waals surface area contributed by atoms with Crippen LogP contribution in [-0.4, -0.2) is 0 Å². The molecule has 2 aliphatic rings. The average Bonchev–Trinajstić information content (AvgIpc) is 3.51. The predicted octanol–water partition coefficient (Wildman–Crippen LogP) is 8.71. The summed E-state index contributed by atoms with van der Waals surface area (Å²) >= 11 is 0. The molecule has 2 aliphatic carbocycles. The molecule has 0 saturated heterocycles. The molecule has 0 heterocycles. The fraction of sp³-hybridized carbons (Fsp3) is 0.200. The van der Waals surface area contributed by atoms with Gasteiger partial charge in [-0.2, -0.15) is 0 Å². The largest absolute Gasteiger partial charge is 0.0804 e. The Morgan fingerprint density at radius 3 is 1.83 bits per heavy atom. The lowest BCUT2D eigenvalue weighted by Crippen LogP contribution is -2.34. The topological polar surface area (TPSA) is 0 Å². The van der Waals surface area contributed by atoms with Gasteiger partial charge in [0.2, 0.25) is 0 Å². The molecule has 0 nitrogen and oxygen atoms in total. The third-order valence-corrected chi connectivity index (χ3v) is 8.04. The first-order valence-electron chi connectivity index (χ1n) is 12.7. The highest BCUT2D eigenvalue weighted by molar-refractivity contribution is 5.81. The molecule has 4 aromatic rings. The Kier molecular flexibility index (Phi) is 5.15. The van der Waals surface area contributed by atoms with Crippen molar-refractivity contribution in [2.45, 2.75) is 46.0 Å². The highest BCUT2D eigenvalue weighted by Gasteiger charge is 2.43. The zero-order valence-electron chi connectivity index (χ0n) is 21.2. The molecule has 0 saturated carbocycles. The first kappa shape index (κ1) is 21.9. The highest BCUT2D eigenvalue weighted by Crippen LogP contribution is 2.53. The SMILES string of the molecule is Cc1ccc(C(C2=CC=CC2)(c2ccc(C)cc2)c2c(C)ccc3c2Cc2cc(C)ccc2-3)cc1. The third-order valence-electron chi connectivity index (χ3n) is 8.04. The molecular formula is C35H32. The zero-order valence-corrected chi connectivity index (χ0v) is 21.2. The summed E-state index contributed by atoms with van der Waals surface area (Å²) in [6.45, 7) is 8.87. The van der Waals surface area contributed by atoms with Gasteiger partial charge in [-0.3, -0.25) is 0 Å². The standard InChI is InChI=1S/C35H32/c1-23-9-15-29(16-10-23)35(28-7-5-6-8-28,30-17-11-24(2)12-18-30)34-26(4)14-20-32-31-19-13-25(3)21-27(31)22-33(32)34/h5-7,9-21H,8,22H2,1-4H3. The van der Waals surface area contributed by atoms with Crippen LogP contribution >= 0.6 is 0 Å². The minimum Gasteiger partial charge on any atom is -0.0804 e. The second-order valence-corrected chi connectivity index (χ2v) is 10.4. The smallest absolute Gasteiger partial charge is 0.0673 e. The van der Waals surface area contributed by atoms with Crippen LogP contribution in [0.2, 0.25) is 0 Å². The molecule has 0 atom stereocenters. The summed E-state index contributed by atoms with van der Waals surface area (Å²) in [6.07, 6.45) is 8.87.